The third-order valence-electron chi connectivity index (χ3n) is 2.04. The number of halogens is 2. The number of rotatable bonds is 6. The first-order chi connectivity index (χ1) is 8.04. The first-order valence-corrected chi connectivity index (χ1v) is 4.97. The van der Waals surface area contributed by atoms with Crippen LogP contribution in [0.5, 0.6) is 5.75 Å². The molecule has 1 aromatic carbocycles. The lowest BCUT2D eigenvalue weighted by atomic mass is 10.1. The fraction of sp³-hybridized carbons (Fsp3) is 0.400. The van der Waals surface area contributed by atoms with Crippen molar-refractivity contribution >= 4 is 5.69 Å². The number of nitro groups is 1. The predicted molar refractivity (Wildman–Crippen MR) is 57.1 cm³/mol. The number of nitrogens with one attached hydrogen (secondary N) is 1. The minimum Gasteiger partial charge on any atom is -0.434 e. The van der Waals surface area contributed by atoms with Gasteiger partial charge >= 0.3 is 6.61 Å². The Balaban J connectivity index is 2.98. The summed E-state index contributed by atoms with van der Waals surface area (Å²) in [5.74, 6) is -0.0495. The van der Waals surface area contributed by atoms with E-state index in [4.69, 9.17) is 0 Å². The summed E-state index contributed by atoms with van der Waals surface area (Å²) in [7, 11) is 0. The van der Waals surface area contributed by atoms with Crippen molar-refractivity contribution in [1.29, 1.82) is 0 Å². The summed E-state index contributed by atoms with van der Waals surface area (Å²) >= 11 is 0. The van der Waals surface area contributed by atoms with Gasteiger partial charge in [0.25, 0.3) is 5.69 Å². The monoisotopic (exact) mass is 246 g/mol. The van der Waals surface area contributed by atoms with Gasteiger partial charge < -0.3 is 10.1 Å². The Morgan fingerprint density at radius 2 is 2.24 bits per heavy atom. The molecule has 0 fully saturated rings. The van der Waals surface area contributed by atoms with Crippen molar-refractivity contribution in [2.75, 3.05) is 6.54 Å². The number of ether oxygens (including phenoxy) is 1. The highest BCUT2D eigenvalue weighted by Gasteiger charge is 2.14. The van der Waals surface area contributed by atoms with Gasteiger partial charge in [-0.15, -0.1) is 0 Å². The van der Waals surface area contributed by atoms with Gasteiger partial charge in [-0.25, -0.2) is 0 Å². The summed E-state index contributed by atoms with van der Waals surface area (Å²) in [5, 5.41) is 13.5. The quantitative estimate of drug-likeness (QED) is 0.618. The smallest absolute Gasteiger partial charge is 0.387 e. The van der Waals surface area contributed by atoms with Crippen molar-refractivity contribution < 1.29 is 18.4 Å². The molecule has 0 saturated carbocycles. The fourth-order valence-electron chi connectivity index (χ4n) is 1.29. The average Bonchev–Trinajstić information content (AvgIpc) is 2.26. The molecule has 1 N–H and O–H groups in total. The van der Waals surface area contributed by atoms with Crippen molar-refractivity contribution in [3.63, 3.8) is 0 Å². The van der Waals surface area contributed by atoms with E-state index < -0.39 is 11.5 Å². The topological polar surface area (TPSA) is 64.4 Å². The summed E-state index contributed by atoms with van der Waals surface area (Å²) in [4.78, 5) is 9.97. The molecular formula is C10H12F2N2O3. The normalized spacial score (nSPS) is 10.6. The Hall–Kier alpha value is -1.76. The molecule has 5 nitrogen and oxygen atoms in total. The van der Waals surface area contributed by atoms with Gasteiger partial charge in [-0.3, -0.25) is 10.1 Å². The number of alkyl halides is 2. The molecule has 0 bridgehead atoms. The van der Waals surface area contributed by atoms with Gasteiger partial charge in [-0.05, 0) is 12.6 Å². The molecule has 0 aromatic heterocycles. The van der Waals surface area contributed by atoms with Crippen LogP contribution in [0.15, 0.2) is 18.2 Å². The maximum absolute atomic E-state index is 12.1. The van der Waals surface area contributed by atoms with E-state index in [0.717, 1.165) is 6.07 Å². The predicted octanol–water partition coefficient (Wildman–Crippen LogP) is 2.31. The third kappa shape index (κ3) is 3.95. The summed E-state index contributed by atoms with van der Waals surface area (Å²) in [6.45, 7) is -0.251. The number of nitrogens with zero attached hydrogens (tertiary/aromatic N) is 1. The number of hydrogen-bond acceptors (Lipinski definition) is 4. The molecule has 0 heterocycles. The summed E-state index contributed by atoms with van der Waals surface area (Å²) < 4.78 is 28.5. The van der Waals surface area contributed by atoms with Gasteiger partial charge in [0.15, 0.2) is 0 Å². The fourth-order valence-corrected chi connectivity index (χ4v) is 1.29. The maximum Gasteiger partial charge on any atom is 0.387 e. The summed E-state index contributed by atoms with van der Waals surface area (Å²) in [5.41, 5.74) is 0.181. The lowest BCUT2D eigenvalue weighted by Crippen LogP contribution is -2.14. The maximum atomic E-state index is 12.1. The zero-order valence-electron chi connectivity index (χ0n) is 9.15. The lowest BCUT2D eigenvalue weighted by Gasteiger charge is -2.10. The van der Waals surface area contributed by atoms with Crippen LogP contribution in [0, 0.1) is 10.1 Å². The van der Waals surface area contributed by atoms with Crippen LogP contribution in [-0.2, 0) is 6.54 Å². The highest BCUT2D eigenvalue weighted by molar-refractivity contribution is 5.43. The van der Waals surface area contributed by atoms with Crippen molar-refractivity contribution in [2.24, 2.45) is 0 Å². The van der Waals surface area contributed by atoms with Gasteiger partial charge in [0.2, 0.25) is 0 Å². The van der Waals surface area contributed by atoms with Crippen LogP contribution in [-0.4, -0.2) is 18.1 Å². The highest BCUT2D eigenvalue weighted by Crippen LogP contribution is 2.25. The average molecular weight is 246 g/mol. The SMILES string of the molecule is CCNCc1cc([N+](=O)[O-])ccc1OC(F)F. The molecule has 1 aromatic rings. The molecule has 0 saturated heterocycles. The molecular weight excluding hydrogens is 234 g/mol. The van der Waals surface area contributed by atoms with Crippen LogP contribution >= 0.6 is 0 Å². The highest BCUT2D eigenvalue weighted by atomic mass is 19.3. The molecule has 1 rings (SSSR count). The Morgan fingerprint density at radius 3 is 2.76 bits per heavy atom. The van der Waals surface area contributed by atoms with Gasteiger partial charge in [0, 0.05) is 24.2 Å². The molecule has 0 aliphatic heterocycles. The van der Waals surface area contributed by atoms with E-state index in [0.29, 0.717) is 12.1 Å². The van der Waals surface area contributed by atoms with Crippen molar-refractivity contribution in [3.8, 4) is 5.75 Å². The van der Waals surface area contributed by atoms with Crippen LogP contribution in [0.4, 0.5) is 14.5 Å². The van der Waals surface area contributed by atoms with E-state index in [1.807, 2.05) is 6.92 Å². The second-order valence-electron chi connectivity index (χ2n) is 3.21. The van der Waals surface area contributed by atoms with Crippen molar-refractivity contribution in [2.45, 2.75) is 20.1 Å². The molecule has 7 heteroatoms. The largest absolute Gasteiger partial charge is 0.434 e. The summed E-state index contributed by atoms with van der Waals surface area (Å²) in [6.07, 6.45) is 0. The van der Waals surface area contributed by atoms with Crippen LogP contribution in [0.25, 0.3) is 0 Å². The number of benzene rings is 1. The molecule has 0 radical (unpaired) electrons. The lowest BCUT2D eigenvalue weighted by molar-refractivity contribution is -0.385. The van der Waals surface area contributed by atoms with E-state index in [9.17, 15) is 18.9 Å². The Morgan fingerprint density at radius 1 is 1.53 bits per heavy atom. The molecule has 94 valence electrons. The third-order valence-corrected chi connectivity index (χ3v) is 2.04. The number of nitro benzene ring substituents is 1. The van der Waals surface area contributed by atoms with E-state index >= 15 is 0 Å². The van der Waals surface area contributed by atoms with E-state index in [-0.39, 0.29) is 18.0 Å². The van der Waals surface area contributed by atoms with E-state index in [1.165, 1.54) is 12.1 Å². The number of non-ortho nitro benzene ring substituents is 1. The molecule has 0 unspecified atom stereocenters. The van der Waals surface area contributed by atoms with E-state index in [2.05, 4.69) is 10.1 Å². The molecule has 0 atom stereocenters. The Bertz CT molecular complexity index is 399. The van der Waals surface area contributed by atoms with Crippen LogP contribution < -0.4 is 10.1 Å². The van der Waals surface area contributed by atoms with Gasteiger partial charge in [0.1, 0.15) is 5.75 Å². The van der Waals surface area contributed by atoms with E-state index in [1.54, 1.807) is 0 Å². The molecule has 0 spiro atoms. The minimum atomic E-state index is -2.95. The first-order valence-electron chi connectivity index (χ1n) is 4.97. The summed E-state index contributed by atoms with van der Waals surface area (Å²) in [6, 6.07) is 3.53. The molecule has 0 aliphatic carbocycles. The van der Waals surface area contributed by atoms with Gasteiger partial charge in [0.05, 0.1) is 4.92 Å². The van der Waals surface area contributed by atoms with Crippen molar-refractivity contribution in [1.82, 2.24) is 5.32 Å². The second kappa shape index (κ2) is 6.09. The molecule has 0 aliphatic rings. The zero-order valence-corrected chi connectivity index (χ0v) is 9.15. The van der Waals surface area contributed by atoms with Gasteiger partial charge in [-0.2, -0.15) is 8.78 Å². The molecule has 0 amide bonds. The minimum absolute atomic E-state index is 0.0495. The van der Waals surface area contributed by atoms with Gasteiger partial charge in [-0.1, -0.05) is 6.92 Å². The van der Waals surface area contributed by atoms with Crippen LogP contribution in [0.2, 0.25) is 0 Å². The first kappa shape index (κ1) is 13.3. The van der Waals surface area contributed by atoms with Crippen LogP contribution in [0.1, 0.15) is 12.5 Å². The standard InChI is InChI=1S/C10H12F2N2O3/c1-2-13-6-7-5-8(14(15)16)3-4-9(7)17-10(11)12/h3-5,10,13H,2,6H2,1H3. The Kier molecular flexibility index (Phi) is 4.77. The second-order valence-corrected chi connectivity index (χ2v) is 3.21. The Labute approximate surface area is 96.5 Å². The van der Waals surface area contributed by atoms with Crippen molar-refractivity contribution in [3.05, 3.63) is 33.9 Å². The number of hydrogen-bond donors (Lipinski definition) is 1. The molecule has 17 heavy (non-hydrogen) atoms. The zero-order chi connectivity index (χ0) is 12.8. The van der Waals surface area contributed by atoms with Crippen LogP contribution in [0.3, 0.4) is 0 Å².